The van der Waals surface area contributed by atoms with E-state index in [1.165, 1.54) is 12.7 Å². The predicted molar refractivity (Wildman–Crippen MR) is 161 cm³/mol. The number of halogens is 3. The number of nitrogens with zero attached hydrogens (tertiary/aromatic N) is 10. The molecule has 2 aliphatic heterocycles. The summed E-state index contributed by atoms with van der Waals surface area (Å²) in [6.07, 6.45) is 6.76. The van der Waals surface area contributed by atoms with Gasteiger partial charge in [0, 0.05) is 33.5 Å². The van der Waals surface area contributed by atoms with Crippen LogP contribution in [0.2, 0.25) is 0 Å². The second-order valence-electron chi connectivity index (χ2n) is 8.89. The summed E-state index contributed by atoms with van der Waals surface area (Å²) in [4.78, 5) is 8.29. The summed E-state index contributed by atoms with van der Waals surface area (Å²) >= 11 is 10.2. The van der Waals surface area contributed by atoms with Gasteiger partial charge in [-0.15, -0.1) is 0 Å². The predicted octanol–water partition coefficient (Wildman–Crippen LogP) is 4.21. The zero-order valence-electron chi connectivity index (χ0n) is 21.4. The number of hydrogen-bond acceptors (Lipinski definition) is 10. The second kappa shape index (κ2) is 12.2. The largest absolute Gasteiger partial charge is 0.382 e. The number of nitrogens with two attached hydrogens (primary N) is 1. The van der Waals surface area contributed by atoms with Gasteiger partial charge in [-0.1, -0.05) is 0 Å². The third kappa shape index (κ3) is 6.43. The number of rotatable bonds is 2. The van der Waals surface area contributed by atoms with Crippen molar-refractivity contribution in [1.29, 1.82) is 0 Å². The maximum atomic E-state index is 5.47. The van der Waals surface area contributed by atoms with E-state index in [9.17, 15) is 0 Å². The zero-order chi connectivity index (χ0) is 28.3. The van der Waals surface area contributed by atoms with Gasteiger partial charge in [0.1, 0.15) is 18.5 Å². The Hall–Kier alpha value is -3.38. The topological polar surface area (TPSA) is 153 Å². The van der Waals surface area contributed by atoms with E-state index in [4.69, 9.17) is 15.2 Å². The van der Waals surface area contributed by atoms with Crippen molar-refractivity contribution >= 4 is 76.4 Å². The zero-order valence-corrected chi connectivity index (χ0v) is 26.1. The van der Waals surface area contributed by atoms with E-state index >= 15 is 0 Å². The van der Waals surface area contributed by atoms with Gasteiger partial charge in [0.2, 0.25) is 0 Å². The average Bonchev–Trinajstić information content (AvgIpc) is 3.74. The molecule has 0 radical (unpaired) electrons. The maximum Gasteiger partial charge on any atom is 0.178 e. The highest BCUT2D eigenvalue weighted by Gasteiger charge is 2.14. The lowest BCUT2D eigenvalue weighted by Crippen LogP contribution is -2.16. The maximum absolute atomic E-state index is 5.47. The molecule has 14 nitrogen and oxygen atoms in total. The molecule has 41 heavy (non-hydrogen) atoms. The van der Waals surface area contributed by atoms with Crippen molar-refractivity contribution in [3.8, 4) is 0 Å². The molecule has 0 bridgehead atoms. The molecule has 17 heteroatoms. The Bertz CT molecular complexity index is 1760. The summed E-state index contributed by atoms with van der Waals surface area (Å²) in [6, 6.07) is 7.73. The fourth-order valence-corrected chi connectivity index (χ4v) is 5.93. The molecule has 6 aromatic rings. The van der Waals surface area contributed by atoms with Crippen molar-refractivity contribution in [2.45, 2.75) is 26.3 Å². The van der Waals surface area contributed by atoms with E-state index in [0.717, 1.165) is 67.3 Å². The van der Waals surface area contributed by atoms with Crippen LogP contribution in [0.1, 0.15) is 11.4 Å². The monoisotopic (exact) mass is 748 g/mol. The number of fused-ring (bicyclic) bond motifs is 4. The lowest BCUT2D eigenvalue weighted by Gasteiger charge is -2.12. The molecule has 0 spiro atoms. The quantitative estimate of drug-likeness (QED) is 0.263. The number of nitrogens with one attached hydrogen (secondary N) is 1. The molecule has 0 fully saturated rings. The normalized spacial score (nSPS) is 14.0. The highest BCUT2D eigenvalue weighted by molar-refractivity contribution is 9.11. The van der Waals surface area contributed by atoms with Crippen LogP contribution in [0.5, 0.6) is 0 Å². The van der Waals surface area contributed by atoms with Gasteiger partial charge in [-0.25, -0.2) is 19.0 Å². The summed E-state index contributed by atoms with van der Waals surface area (Å²) in [7, 11) is 0. The Kier molecular flexibility index (Phi) is 8.29. The van der Waals surface area contributed by atoms with Crippen LogP contribution in [0.15, 0.2) is 62.7 Å². The fraction of sp³-hybridized carbons (Fsp3) is 0.250. The Labute approximate surface area is 258 Å². The van der Waals surface area contributed by atoms with Crippen molar-refractivity contribution < 1.29 is 9.47 Å². The minimum Gasteiger partial charge on any atom is -0.382 e. The molecule has 0 saturated carbocycles. The molecule has 0 amide bonds. The van der Waals surface area contributed by atoms with Crippen molar-refractivity contribution in [2.24, 2.45) is 0 Å². The highest BCUT2D eigenvalue weighted by Crippen LogP contribution is 2.25. The Balaban J connectivity index is 0.000000122. The Morgan fingerprint density at radius 1 is 0.756 bits per heavy atom. The van der Waals surface area contributed by atoms with Crippen molar-refractivity contribution in [2.75, 3.05) is 24.3 Å². The van der Waals surface area contributed by atoms with Gasteiger partial charge in [-0.3, -0.25) is 9.36 Å². The third-order valence-electron chi connectivity index (χ3n) is 6.04. The van der Waals surface area contributed by atoms with E-state index in [1.807, 2.05) is 46.0 Å². The van der Waals surface area contributed by atoms with Crippen LogP contribution >= 0.6 is 47.8 Å². The number of pyridine rings is 2. The van der Waals surface area contributed by atoms with Crippen LogP contribution in [0.25, 0.3) is 11.3 Å². The Morgan fingerprint density at radius 3 is 2.05 bits per heavy atom. The van der Waals surface area contributed by atoms with Crippen LogP contribution in [-0.4, -0.2) is 62.0 Å². The molecule has 0 unspecified atom stereocenters. The summed E-state index contributed by atoms with van der Waals surface area (Å²) < 4.78 is 20.7. The molecule has 8 rings (SSSR count). The molecule has 6 aromatic heterocycles. The molecule has 8 heterocycles. The third-order valence-corrected chi connectivity index (χ3v) is 7.49. The minimum absolute atomic E-state index is 0.584. The summed E-state index contributed by atoms with van der Waals surface area (Å²) in [6.45, 7) is 4.31. The van der Waals surface area contributed by atoms with Gasteiger partial charge in [-0.2, -0.15) is 20.4 Å². The van der Waals surface area contributed by atoms with Crippen LogP contribution in [0, 0.1) is 0 Å². The molecule has 0 atom stereocenters. The SMILES string of the molecule is Brc1cc(Br)c2ncnn2c1.Brc1cc(Nc2cc3n(n2)CCOC3)c2ncnn2c1.Nc1cc2n(n1)CCOC2. The van der Waals surface area contributed by atoms with E-state index in [0.29, 0.717) is 25.6 Å². The van der Waals surface area contributed by atoms with Crippen LogP contribution in [-0.2, 0) is 35.8 Å². The highest BCUT2D eigenvalue weighted by atomic mass is 79.9. The first-order valence-corrected chi connectivity index (χ1v) is 14.8. The smallest absolute Gasteiger partial charge is 0.178 e. The number of anilines is 3. The molecular formula is C24H23Br3N12O2. The van der Waals surface area contributed by atoms with E-state index < -0.39 is 0 Å². The van der Waals surface area contributed by atoms with Gasteiger partial charge in [0.15, 0.2) is 17.1 Å². The number of ether oxygens (including phenoxy) is 2. The minimum atomic E-state index is 0.584. The number of hydrogen-bond donors (Lipinski definition) is 2. The van der Waals surface area contributed by atoms with Gasteiger partial charge < -0.3 is 20.5 Å². The van der Waals surface area contributed by atoms with E-state index in [1.54, 1.807) is 9.03 Å². The first-order valence-electron chi connectivity index (χ1n) is 12.4. The van der Waals surface area contributed by atoms with Crippen molar-refractivity contribution in [1.82, 2.24) is 48.8 Å². The summed E-state index contributed by atoms with van der Waals surface area (Å²) in [5, 5.41) is 20.0. The van der Waals surface area contributed by atoms with Crippen molar-refractivity contribution in [3.05, 3.63) is 74.1 Å². The van der Waals surface area contributed by atoms with Crippen molar-refractivity contribution in [3.63, 3.8) is 0 Å². The fourth-order valence-electron chi connectivity index (χ4n) is 4.25. The first kappa shape index (κ1) is 27.8. The van der Waals surface area contributed by atoms with Gasteiger partial charge in [-0.05, 0) is 59.9 Å². The standard InChI is InChI=1S/C12H11BrN6O.C6H3Br2N3.C6H9N3O/c13-8-3-10(12-14-7-15-19(12)5-8)16-11-4-9-6-20-2-1-18(9)17-11;7-4-1-5(8)6-9-3-10-11(6)2-4;7-6-3-5-4-10-2-1-9(5)8-6/h3-5,7H,1-2,6H2,(H,16,17);1-3H;3H,1-2,4H2,(H2,7,8). The van der Waals surface area contributed by atoms with Gasteiger partial charge in [0.05, 0.1) is 61.1 Å². The molecule has 212 valence electrons. The van der Waals surface area contributed by atoms with Crippen LogP contribution < -0.4 is 11.1 Å². The molecule has 0 aliphatic carbocycles. The number of aromatic nitrogens is 10. The Morgan fingerprint density at radius 2 is 1.37 bits per heavy atom. The lowest BCUT2D eigenvalue weighted by atomic mass is 10.3. The first-order chi connectivity index (χ1) is 19.9. The molecule has 3 N–H and O–H groups in total. The molecule has 0 saturated heterocycles. The van der Waals surface area contributed by atoms with E-state index in [-0.39, 0.29) is 0 Å². The molecule has 2 aliphatic rings. The van der Waals surface area contributed by atoms with Crippen LogP contribution in [0.4, 0.5) is 17.3 Å². The molecular weight excluding hydrogens is 728 g/mol. The van der Waals surface area contributed by atoms with Gasteiger partial charge >= 0.3 is 0 Å². The number of nitrogen functional groups attached to an aromatic ring is 1. The van der Waals surface area contributed by atoms with E-state index in [2.05, 4.69) is 83.5 Å². The van der Waals surface area contributed by atoms with Gasteiger partial charge in [0.25, 0.3) is 0 Å². The average molecular weight is 751 g/mol. The summed E-state index contributed by atoms with van der Waals surface area (Å²) in [5.41, 5.74) is 10.1. The second-order valence-corrected chi connectivity index (χ2v) is 11.6. The summed E-state index contributed by atoms with van der Waals surface area (Å²) in [5.74, 6) is 1.37. The lowest BCUT2D eigenvalue weighted by molar-refractivity contribution is 0.0800. The molecule has 0 aromatic carbocycles. The van der Waals surface area contributed by atoms with Crippen LogP contribution in [0.3, 0.4) is 0 Å².